The number of amides is 2. The molecule has 0 aromatic heterocycles. The second kappa shape index (κ2) is 9.82. The van der Waals surface area contributed by atoms with Crippen molar-refractivity contribution in [3.05, 3.63) is 54.1 Å². The summed E-state index contributed by atoms with van der Waals surface area (Å²) >= 11 is 0. The Balaban J connectivity index is 1.44. The van der Waals surface area contributed by atoms with Crippen LogP contribution in [0.5, 0.6) is 5.75 Å². The standard InChI is InChI=1S/C21H28N4O4S/c1-17-4-3-5-18(16-17)23-21(26)22-10-15-30(27,28)25-13-11-24(12-14-25)19-6-8-20(29-2)9-7-19/h3-9,16H,10-15H2,1-2H3,(H2,22,23,26). The molecule has 8 nitrogen and oxygen atoms in total. The van der Waals surface area contributed by atoms with Crippen molar-refractivity contribution in [3.8, 4) is 5.75 Å². The number of carbonyl (C=O) groups is 1. The lowest BCUT2D eigenvalue weighted by atomic mass is 10.2. The van der Waals surface area contributed by atoms with E-state index in [0.717, 1.165) is 17.0 Å². The van der Waals surface area contributed by atoms with Crippen molar-refractivity contribution >= 4 is 27.4 Å². The number of benzene rings is 2. The van der Waals surface area contributed by atoms with E-state index in [0.29, 0.717) is 31.9 Å². The summed E-state index contributed by atoms with van der Waals surface area (Å²) in [6.07, 6.45) is 0. The number of nitrogens with zero attached hydrogens (tertiary/aromatic N) is 2. The number of carbonyl (C=O) groups excluding carboxylic acids is 1. The van der Waals surface area contributed by atoms with Crippen LogP contribution in [0.3, 0.4) is 0 Å². The molecule has 0 bridgehead atoms. The molecule has 0 saturated carbocycles. The molecule has 2 aromatic carbocycles. The molecule has 1 aliphatic rings. The highest BCUT2D eigenvalue weighted by Crippen LogP contribution is 2.21. The first kappa shape index (κ1) is 21.9. The van der Waals surface area contributed by atoms with Crippen LogP contribution in [0.1, 0.15) is 5.56 Å². The number of ether oxygens (including phenoxy) is 1. The van der Waals surface area contributed by atoms with E-state index < -0.39 is 16.1 Å². The quantitative estimate of drug-likeness (QED) is 0.701. The van der Waals surface area contributed by atoms with Crippen LogP contribution < -0.4 is 20.3 Å². The summed E-state index contributed by atoms with van der Waals surface area (Å²) in [6.45, 7) is 4.07. The highest BCUT2D eigenvalue weighted by atomic mass is 32.2. The molecule has 9 heteroatoms. The van der Waals surface area contributed by atoms with Crippen LogP contribution in [-0.2, 0) is 10.0 Å². The van der Waals surface area contributed by atoms with Gasteiger partial charge in [0.25, 0.3) is 0 Å². The van der Waals surface area contributed by atoms with E-state index in [2.05, 4.69) is 15.5 Å². The lowest BCUT2D eigenvalue weighted by Crippen LogP contribution is -2.50. The molecule has 1 fully saturated rings. The summed E-state index contributed by atoms with van der Waals surface area (Å²) in [5.74, 6) is 0.662. The van der Waals surface area contributed by atoms with Gasteiger partial charge in [-0.25, -0.2) is 13.2 Å². The van der Waals surface area contributed by atoms with E-state index in [4.69, 9.17) is 4.74 Å². The maximum atomic E-state index is 12.6. The largest absolute Gasteiger partial charge is 0.497 e. The smallest absolute Gasteiger partial charge is 0.319 e. The molecule has 1 aliphatic heterocycles. The molecule has 0 spiro atoms. The van der Waals surface area contributed by atoms with E-state index >= 15 is 0 Å². The van der Waals surface area contributed by atoms with Crippen molar-refractivity contribution in [1.82, 2.24) is 9.62 Å². The minimum Gasteiger partial charge on any atom is -0.497 e. The number of methoxy groups -OCH3 is 1. The Morgan fingerprint density at radius 3 is 2.40 bits per heavy atom. The third kappa shape index (κ3) is 5.87. The molecule has 0 aliphatic carbocycles. The Morgan fingerprint density at radius 2 is 1.77 bits per heavy atom. The van der Waals surface area contributed by atoms with Crippen LogP contribution in [0, 0.1) is 6.92 Å². The van der Waals surface area contributed by atoms with Gasteiger partial charge in [-0.3, -0.25) is 0 Å². The molecule has 2 amide bonds. The number of urea groups is 1. The molecule has 3 rings (SSSR count). The van der Waals surface area contributed by atoms with Crippen LogP contribution in [0.15, 0.2) is 48.5 Å². The van der Waals surface area contributed by atoms with Gasteiger partial charge in [0.2, 0.25) is 10.0 Å². The average Bonchev–Trinajstić information content (AvgIpc) is 2.74. The molecule has 162 valence electrons. The first-order chi connectivity index (χ1) is 14.4. The third-order valence-corrected chi connectivity index (χ3v) is 6.86. The maximum Gasteiger partial charge on any atom is 0.319 e. The predicted molar refractivity (Wildman–Crippen MR) is 119 cm³/mol. The number of sulfonamides is 1. The van der Waals surface area contributed by atoms with E-state index in [1.165, 1.54) is 4.31 Å². The van der Waals surface area contributed by atoms with Gasteiger partial charge in [-0.05, 0) is 48.9 Å². The van der Waals surface area contributed by atoms with Gasteiger partial charge in [0.05, 0.1) is 12.9 Å². The minimum absolute atomic E-state index is 0.0542. The lowest BCUT2D eigenvalue weighted by molar-refractivity contribution is 0.252. The fourth-order valence-electron chi connectivity index (χ4n) is 3.34. The zero-order chi connectivity index (χ0) is 21.6. The molecular formula is C21H28N4O4S. The fraction of sp³-hybridized carbons (Fsp3) is 0.381. The Bertz CT molecular complexity index is 955. The molecule has 0 unspecified atom stereocenters. The van der Waals surface area contributed by atoms with Crippen LogP contribution in [0.4, 0.5) is 16.2 Å². The van der Waals surface area contributed by atoms with E-state index in [9.17, 15) is 13.2 Å². The van der Waals surface area contributed by atoms with Crippen molar-refractivity contribution in [2.45, 2.75) is 6.92 Å². The van der Waals surface area contributed by atoms with Gasteiger partial charge < -0.3 is 20.3 Å². The summed E-state index contributed by atoms with van der Waals surface area (Å²) in [6, 6.07) is 14.7. The molecule has 2 aromatic rings. The maximum absolute atomic E-state index is 12.6. The van der Waals surface area contributed by atoms with Gasteiger partial charge in [-0.1, -0.05) is 12.1 Å². The number of aryl methyl sites for hydroxylation is 1. The summed E-state index contributed by atoms with van der Waals surface area (Å²) in [4.78, 5) is 14.1. The number of nitrogens with one attached hydrogen (secondary N) is 2. The third-order valence-electron chi connectivity index (χ3n) is 4.99. The zero-order valence-electron chi connectivity index (χ0n) is 17.3. The molecule has 1 saturated heterocycles. The predicted octanol–water partition coefficient (Wildman–Crippen LogP) is 2.28. The number of piperazine rings is 1. The summed E-state index contributed by atoms with van der Waals surface area (Å²) in [5, 5.41) is 5.32. The van der Waals surface area contributed by atoms with E-state index in [1.807, 2.05) is 49.4 Å². The Labute approximate surface area is 177 Å². The summed E-state index contributed by atoms with van der Waals surface area (Å²) in [7, 11) is -1.81. The summed E-state index contributed by atoms with van der Waals surface area (Å²) in [5.41, 5.74) is 2.75. The fourth-order valence-corrected chi connectivity index (χ4v) is 4.68. The highest BCUT2D eigenvalue weighted by molar-refractivity contribution is 7.89. The van der Waals surface area contributed by atoms with Gasteiger partial charge in [-0.2, -0.15) is 4.31 Å². The topological polar surface area (TPSA) is 91.0 Å². The summed E-state index contributed by atoms with van der Waals surface area (Å²) < 4.78 is 31.9. The second-order valence-corrected chi connectivity index (χ2v) is 9.24. The van der Waals surface area contributed by atoms with Crippen molar-refractivity contribution in [2.24, 2.45) is 0 Å². The molecule has 1 heterocycles. The Morgan fingerprint density at radius 1 is 1.07 bits per heavy atom. The number of hydrogen-bond donors (Lipinski definition) is 2. The first-order valence-electron chi connectivity index (χ1n) is 9.86. The zero-order valence-corrected chi connectivity index (χ0v) is 18.1. The van der Waals surface area contributed by atoms with Crippen molar-refractivity contribution in [2.75, 3.05) is 55.8 Å². The minimum atomic E-state index is -3.43. The van der Waals surface area contributed by atoms with Crippen LogP contribution >= 0.6 is 0 Å². The molecule has 0 radical (unpaired) electrons. The number of rotatable bonds is 7. The monoisotopic (exact) mass is 432 g/mol. The average molecular weight is 433 g/mol. The van der Waals surface area contributed by atoms with Gasteiger partial charge in [0.15, 0.2) is 0 Å². The van der Waals surface area contributed by atoms with Crippen LogP contribution in [-0.4, -0.2) is 64.3 Å². The SMILES string of the molecule is COc1ccc(N2CCN(S(=O)(=O)CCNC(=O)Nc3cccc(C)c3)CC2)cc1. The number of hydrogen-bond acceptors (Lipinski definition) is 5. The van der Waals surface area contributed by atoms with Crippen molar-refractivity contribution < 1.29 is 17.9 Å². The molecule has 2 N–H and O–H groups in total. The Kier molecular flexibility index (Phi) is 7.17. The van der Waals surface area contributed by atoms with Crippen molar-refractivity contribution in [1.29, 1.82) is 0 Å². The second-order valence-electron chi connectivity index (χ2n) is 7.15. The van der Waals surface area contributed by atoms with E-state index in [-0.39, 0.29) is 12.3 Å². The molecule has 30 heavy (non-hydrogen) atoms. The normalized spacial score (nSPS) is 14.9. The van der Waals surface area contributed by atoms with Crippen molar-refractivity contribution in [3.63, 3.8) is 0 Å². The van der Waals surface area contributed by atoms with Gasteiger partial charge in [0.1, 0.15) is 5.75 Å². The highest BCUT2D eigenvalue weighted by Gasteiger charge is 2.26. The molecule has 0 atom stereocenters. The van der Waals surface area contributed by atoms with Gasteiger partial charge in [-0.15, -0.1) is 0 Å². The van der Waals surface area contributed by atoms with Crippen LogP contribution in [0.25, 0.3) is 0 Å². The lowest BCUT2D eigenvalue weighted by Gasteiger charge is -2.35. The van der Waals surface area contributed by atoms with Gasteiger partial charge in [0, 0.05) is 44.1 Å². The van der Waals surface area contributed by atoms with E-state index in [1.54, 1.807) is 13.2 Å². The van der Waals surface area contributed by atoms with Crippen LogP contribution in [0.2, 0.25) is 0 Å². The number of anilines is 2. The Hall–Kier alpha value is -2.78. The first-order valence-corrected chi connectivity index (χ1v) is 11.5. The van der Waals surface area contributed by atoms with Gasteiger partial charge >= 0.3 is 6.03 Å². The molecular weight excluding hydrogens is 404 g/mol.